The van der Waals surface area contributed by atoms with Gasteiger partial charge in [-0.1, -0.05) is 35.9 Å². The van der Waals surface area contributed by atoms with Gasteiger partial charge in [0, 0.05) is 62.5 Å². The molecule has 0 saturated heterocycles. The number of para-hydroxylation sites is 1. The molecule has 0 N–H and O–H groups in total. The Morgan fingerprint density at radius 3 is 2.15 bits per heavy atom. The molecule has 0 fully saturated rings. The van der Waals surface area contributed by atoms with Gasteiger partial charge in [-0.2, -0.15) is 0 Å². The molecular formula is C40H27N5O. The van der Waals surface area contributed by atoms with E-state index in [0.717, 1.165) is 61.2 Å². The zero-order valence-corrected chi connectivity index (χ0v) is 25.5. The molecule has 10 aromatic rings. The van der Waals surface area contributed by atoms with Gasteiger partial charge < -0.3 is 4.74 Å². The van der Waals surface area contributed by atoms with Crippen molar-refractivity contribution in [3.8, 4) is 22.8 Å². The summed E-state index contributed by atoms with van der Waals surface area (Å²) in [6, 6.07) is 31.8. The molecule has 10 rings (SSSR count). The Balaban J connectivity index is 1.16. The van der Waals surface area contributed by atoms with Crippen molar-refractivity contribution in [3.05, 3.63) is 126 Å². The first-order valence-electron chi connectivity index (χ1n) is 15.5. The fourth-order valence-corrected chi connectivity index (χ4v) is 7.70. The number of hydrogen-bond acceptors (Lipinski definition) is 4. The molecule has 0 bridgehead atoms. The first kappa shape index (κ1) is 25.3. The summed E-state index contributed by atoms with van der Waals surface area (Å²) in [5.41, 5.74) is 11.9. The predicted molar refractivity (Wildman–Crippen MR) is 187 cm³/mol. The normalized spacial score (nSPS) is 12.2. The van der Waals surface area contributed by atoms with Gasteiger partial charge in [-0.3, -0.25) is 13.8 Å². The van der Waals surface area contributed by atoms with Gasteiger partial charge in [0.2, 0.25) is 0 Å². The fourth-order valence-electron chi connectivity index (χ4n) is 7.70. The number of ether oxygens (including phenoxy) is 1. The first-order valence-corrected chi connectivity index (χ1v) is 15.5. The molecular weight excluding hydrogens is 566 g/mol. The second kappa shape index (κ2) is 9.02. The van der Waals surface area contributed by atoms with E-state index < -0.39 is 0 Å². The van der Waals surface area contributed by atoms with E-state index in [1.165, 1.54) is 43.9 Å². The van der Waals surface area contributed by atoms with Crippen molar-refractivity contribution in [2.45, 2.75) is 20.8 Å². The maximum absolute atomic E-state index is 6.61. The van der Waals surface area contributed by atoms with Gasteiger partial charge in [-0.05, 0) is 86.5 Å². The Hall–Kier alpha value is -6.01. The van der Waals surface area contributed by atoms with Crippen LogP contribution >= 0.6 is 0 Å². The molecule has 0 aliphatic rings. The molecule has 0 aliphatic carbocycles. The summed E-state index contributed by atoms with van der Waals surface area (Å²) in [5.74, 6) is 1.51. The SMILES string of the molecule is Cc1cc(C)c(-c2cn3c4cccnc4c4ccc(Oc5ccc6c7cccc8c9cccnc9n(c6c5)c78)cc4c3n2)c(C)c1. The zero-order valence-electron chi connectivity index (χ0n) is 25.5. The third-order valence-electron chi connectivity index (χ3n) is 9.46. The van der Waals surface area contributed by atoms with E-state index in [1.807, 2.05) is 30.6 Å². The summed E-state index contributed by atoms with van der Waals surface area (Å²) in [6.45, 7) is 6.46. The van der Waals surface area contributed by atoms with Crippen LogP contribution in [0.25, 0.3) is 76.9 Å². The third kappa shape index (κ3) is 3.38. The van der Waals surface area contributed by atoms with Gasteiger partial charge >= 0.3 is 0 Å². The summed E-state index contributed by atoms with van der Waals surface area (Å²) in [4.78, 5) is 14.8. The van der Waals surface area contributed by atoms with E-state index in [1.54, 1.807) is 0 Å². The molecule has 0 atom stereocenters. The van der Waals surface area contributed by atoms with Crippen LogP contribution in [0, 0.1) is 20.8 Å². The van der Waals surface area contributed by atoms with Crippen molar-refractivity contribution in [1.29, 1.82) is 0 Å². The van der Waals surface area contributed by atoms with Crippen molar-refractivity contribution in [2.24, 2.45) is 0 Å². The fraction of sp³-hybridized carbons (Fsp3) is 0.0750. The van der Waals surface area contributed by atoms with Crippen molar-refractivity contribution in [2.75, 3.05) is 0 Å². The first-order chi connectivity index (χ1) is 22.5. The van der Waals surface area contributed by atoms with Crippen molar-refractivity contribution < 1.29 is 4.74 Å². The molecule has 6 heteroatoms. The van der Waals surface area contributed by atoms with Crippen LogP contribution < -0.4 is 4.74 Å². The van der Waals surface area contributed by atoms with Crippen molar-refractivity contribution in [1.82, 2.24) is 23.8 Å². The van der Waals surface area contributed by atoms with Gasteiger partial charge in [0.1, 0.15) is 22.8 Å². The molecule has 6 nitrogen and oxygen atoms in total. The lowest BCUT2D eigenvalue weighted by Gasteiger charge is -2.10. The highest BCUT2D eigenvalue weighted by molar-refractivity contribution is 6.22. The van der Waals surface area contributed by atoms with Crippen LogP contribution in [-0.4, -0.2) is 23.8 Å². The second-order valence-electron chi connectivity index (χ2n) is 12.4. The Morgan fingerprint density at radius 2 is 1.30 bits per heavy atom. The van der Waals surface area contributed by atoms with Gasteiger partial charge in [-0.25, -0.2) is 9.97 Å². The summed E-state index contributed by atoms with van der Waals surface area (Å²) in [6.07, 6.45) is 5.86. The van der Waals surface area contributed by atoms with Gasteiger partial charge in [0.15, 0.2) is 0 Å². The van der Waals surface area contributed by atoms with E-state index in [9.17, 15) is 0 Å². The number of rotatable bonds is 3. The topological polar surface area (TPSA) is 56.7 Å². The average molecular weight is 594 g/mol. The number of imidazole rings is 1. The van der Waals surface area contributed by atoms with Crippen LogP contribution in [0.3, 0.4) is 0 Å². The number of aryl methyl sites for hydroxylation is 3. The Labute approximate surface area is 263 Å². The minimum Gasteiger partial charge on any atom is -0.457 e. The maximum atomic E-state index is 6.61. The number of fused-ring (bicyclic) bond motifs is 12. The predicted octanol–water partition coefficient (Wildman–Crippen LogP) is 9.97. The monoisotopic (exact) mass is 593 g/mol. The minimum atomic E-state index is 0.744. The van der Waals surface area contributed by atoms with E-state index in [2.05, 4.69) is 109 Å². The average Bonchev–Trinajstić information content (AvgIpc) is 3.74. The van der Waals surface area contributed by atoms with Crippen LogP contribution in [0.4, 0.5) is 0 Å². The van der Waals surface area contributed by atoms with Crippen LogP contribution in [-0.2, 0) is 0 Å². The molecule has 6 aromatic heterocycles. The molecule has 0 amide bonds. The number of aromatic nitrogens is 5. The van der Waals surface area contributed by atoms with Gasteiger partial charge in [0.25, 0.3) is 0 Å². The van der Waals surface area contributed by atoms with Crippen LogP contribution in [0.1, 0.15) is 16.7 Å². The Morgan fingerprint density at radius 1 is 0.587 bits per heavy atom. The lowest BCUT2D eigenvalue weighted by molar-refractivity contribution is 0.484. The summed E-state index contributed by atoms with van der Waals surface area (Å²) in [7, 11) is 0. The van der Waals surface area contributed by atoms with Crippen molar-refractivity contribution in [3.63, 3.8) is 0 Å². The summed E-state index contributed by atoms with van der Waals surface area (Å²) in [5, 5.41) is 6.82. The Kier molecular flexibility index (Phi) is 4.97. The highest BCUT2D eigenvalue weighted by Gasteiger charge is 2.19. The van der Waals surface area contributed by atoms with Crippen LogP contribution in [0.15, 0.2) is 110 Å². The summed E-state index contributed by atoms with van der Waals surface area (Å²) >= 11 is 0. The lowest BCUT2D eigenvalue weighted by Crippen LogP contribution is -1.93. The molecule has 4 aromatic carbocycles. The minimum absolute atomic E-state index is 0.744. The lowest BCUT2D eigenvalue weighted by atomic mass is 9.98. The highest BCUT2D eigenvalue weighted by Crippen LogP contribution is 2.40. The highest BCUT2D eigenvalue weighted by atomic mass is 16.5. The van der Waals surface area contributed by atoms with E-state index >= 15 is 0 Å². The molecule has 0 radical (unpaired) electrons. The van der Waals surface area contributed by atoms with Gasteiger partial charge in [-0.15, -0.1) is 0 Å². The number of nitrogens with zero attached hydrogens (tertiary/aromatic N) is 5. The molecule has 0 aliphatic heterocycles. The standard InChI is InChI=1S/C40H27N5O/c1-22-17-23(2)36(24(3)18-22)33-21-44-34-10-6-15-41-37(34)28-14-12-25(19-32(28)40(44)43-33)46-26-11-13-27-29-7-4-8-30-31-9-5-16-42-39(31)45(38(29)30)35(27)20-26/h4-21H,1-3H3. The second-order valence-corrected chi connectivity index (χ2v) is 12.4. The van der Waals surface area contributed by atoms with E-state index in [4.69, 9.17) is 19.7 Å². The molecule has 46 heavy (non-hydrogen) atoms. The number of hydrogen-bond donors (Lipinski definition) is 0. The molecule has 218 valence electrons. The quantitative estimate of drug-likeness (QED) is 0.191. The molecule has 0 saturated carbocycles. The Bertz CT molecular complexity index is 2850. The van der Waals surface area contributed by atoms with Crippen molar-refractivity contribution >= 4 is 65.7 Å². The van der Waals surface area contributed by atoms with Gasteiger partial charge in [0.05, 0.1) is 27.8 Å². The number of benzene rings is 4. The molecule has 0 unspecified atom stereocenters. The van der Waals surface area contributed by atoms with E-state index in [-0.39, 0.29) is 0 Å². The summed E-state index contributed by atoms with van der Waals surface area (Å²) < 4.78 is 11.0. The smallest absolute Gasteiger partial charge is 0.146 e. The molecule has 6 heterocycles. The largest absolute Gasteiger partial charge is 0.457 e. The maximum Gasteiger partial charge on any atom is 0.146 e. The van der Waals surface area contributed by atoms with Crippen LogP contribution in [0.5, 0.6) is 11.5 Å². The van der Waals surface area contributed by atoms with Crippen LogP contribution in [0.2, 0.25) is 0 Å². The number of pyridine rings is 3. The van der Waals surface area contributed by atoms with E-state index in [0.29, 0.717) is 0 Å². The molecule has 0 spiro atoms. The third-order valence-corrected chi connectivity index (χ3v) is 9.46. The zero-order chi connectivity index (χ0) is 30.7.